The van der Waals surface area contributed by atoms with Crippen molar-refractivity contribution in [1.29, 1.82) is 0 Å². The number of benzene rings is 1. The van der Waals surface area contributed by atoms with Gasteiger partial charge in [0.2, 0.25) is 0 Å². The van der Waals surface area contributed by atoms with Gasteiger partial charge in [0.05, 0.1) is 12.2 Å². The molecule has 3 aromatic rings. The molecule has 2 N–H and O–H groups in total. The predicted molar refractivity (Wildman–Crippen MR) is 103 cm³/mol. The Bertz CT molecular complexity index is 870. The van der Waals surface area contributed by atoms with E-state index in [1.807, 2.05) is 42.5 Å². The minimum Gasteiger partial charge on any atom is -0.364 e. The Morgan fingerprint density at radius 1 is 1.00 bits per heavy atom. The quantitative estimate of drug-likeness (QED) is 0.668. The van der Waals surface area contributed by atoms with Gasteiger partial charge in [-0.05, 0) is 48.4 Å². The molecule has 0 aliphatic heterocycles. The van der Waals surface area contributed by atoms with Crippen LogP contribution in [0.4, 0.5) is 5.82 Å². The molecule has 0 radical (unpaired) electrons. The Kier molecular flexibility index (Phi) is 6.17. The smallest absolute Gasteiger partial charge is 0.251 e. The lowest BCUT2D eigenvalue weighted by molar-refractivity contribution is 0.0954. The van der Waals surface area contributed by atoms with E-state index in [-0.39, 0.29) is 5.91 Å². The van der Waals surface area contributed by atoms with Gasteiger partial charge in [-0.1, -0.05) is 29.8 Å². The minimum atomic E-state index is -0.129. The van der Waals surface area contributed by atoms with Crippen molar-refractivity contribution in [1.82, 2.24) is 15.3 Å². The van der Waals surface area contributed by atoms with Crippen molar-refractivity contribution in [3.63, 3.8) is 0 Å². The topological polar surface area (TPSA) is 66.9 Å². The Morgan fingerprint density at radius 2 is 1.92 bits per heavy atom. The number of pyridine rings is 2. The van der Waals surface area contributed by atoms with E-state index >= 15 is 0 Å². The van der Waals surface area contributed by atoms with E-state index in [0.717, 1.165) is 17.7 Å². The van der Waals surface area contributed by atoms with Crippen molar-refractivity contribution in [2.75, 3.05) is 11.9 Å². The van der Waals surface area contributed by atoms with Gasteiger partial charge < -0.3 is 10.6 Å². The third-order valence-corrected chi connectivity index (χ3v) is 4.02. The monoisotopic (exact) mass is 366 g/mol. The lowest BCUT2D eigenvalue weighted by Gasteiger charge is -2.08. The summed E-state index contributed by atoms with van der Waals surface area (Å²) in [5.41, 5.74) is 2.56. The van der Waals surface area contributed by atoms with Gasteiger partial charge in [-0.3, -0.25) is 9.78 Å². The summed E-state index contributed by atoms with van der Waals surface area (Å²) in [7, 11) is 0. The molecule has 3 rings (SSSR count). The zero-order valence-electron chi connectivity index (χ0n) is 14.2. The molecule has 0 saturated heterocycles. The first kappa shape index (κ1) is 17.9. The van der Waals surface area contributed by atoms with Crippen LogP contribution >= 0.6 is 11.6 Å². The third-order valence-electron chi connectivity index (χ3n) is 3.79. The minimum absolute atomic E-state index is 0.129. The van der Waals surface area contributed by atoms with Crippen LogP contribution < -0.4 is 10.6 Å². The maximum absolute atomic E-state index is 12.3. The molecule has 0 spiro atoms. The summed E-state index contributed by atoms with van der Waals surface area (Å²) >= 11 is 5.97. The fourth-order valence-electron chi connectivity index (χ4n) is 2.47. The number of halogens is 1. The highest BCUT2D eigenvalue weighted by atomic mass is 35.5. The molecule has 2 aromatic heterocycles. The lowest BCUT2D eigenvalue weighted by Crippen LogP contribution is -2.25. The van der Waals surface area contributed by atoms with E-state index < -0.39 is 0 Å². The van der Waals surface area contributed by atoms with E-state index in [2.05, 4.69) is 20.6 Å². The number of nitrogens with one attached hydrogen (secondary N) is 2. The van der Waals surface area contributed by atoms with Gasteiger partial charge >= 0.3 is 0 Å². The standard InChI is InChI=1S/C20H19ClN4O/c21-17-5-3-4-15(12-17)7-10-24-20(26)16-8-11-23-19(13-16)25-14-18-6-1-2-9-22-18/h1-6,8-9,11-13H,7,10,14H2,(H,23,25)(H,24,26). The Labute approximate surface area is 157 Å². The molecule has 0 fully saturated rings. The second-order valence-corrected chi connectivity index (χ2v) is 6.18. The number of nitrogens with zero attached hydrogens (tertiary/aromatic N) is 2. The van der Waals surface area contributed by atoms with Gasteiger partial charge in [-0.15, -0.1) is 0 Å². The highest BCUT2D eigenvalue weighted by molar-refractivity contribution is 6.30. The molecule has 0 bridgehead atoms. The van der Waals surface area contributed by atoms with Crippen LogP contribution in [0.15, 0.2) is 67.0 Å². The van der Waals surface area contributed by atoms with Gasteiger partial charge in [0.25, 0.3) is 5.91 Å². The number of carbonyl (C=O) groups is 1. The summed E-state index contributed by atoms with van der Waals surface area (Å²) in [6.07, 6.45) is 4.09. The van der Waals surface area contributed by atoms with Crippen molar-refractivity contribution in [2.45, 2.75) is 13.0 Å². The molecule has 6 heteroatoms. The normalized spacial score (nSPS) is 10.3. The highest BCUT2D eigenvalue weighted by Gasteiger charge is 2.07. The molecule has 0 aliphatic rings. The molecule has 1 aromatic carbocycles. The lowest BCUT2D eigenvalue weighted by atomic mass is 10.1. The Morgan fingerprint density at radius 3 is 2.73 bits per heavy atom. The summed E-state index contributed by atoms with van der Waals surface area (Å²) in [5, 5.41) is 6.79. The molecule has 2 heterocycles. The van der Waals surface area contributed by atoms with Crippen LogP contribution in [-0.2, 0) is 13.0 Å². The maximum Gasteiger partial charge on any atom is 0.251 e. The molecular formula is C20H19ClN4O. The summed E-state index contributed by atoms with van der Waals surface area (Å²) in [6.45, 7) is 1.09. The SMILES string of the molecule is O=C(NCCc1cccc(Cl)c1)c1ccnc(NCc2ccccn2)c1. The summed E-state index contributed by atoms with van der Waals surface area (Å²) in [5.74, 6) is 0.508. The van der Waals surface area contributed by atoms with Crippen molar-refractivity contribution in [3.05, 3.63) is 88.8 Å². The van der Waals surface area contributed by atoms with Crippen molar-refractivity contribution in [2.24, 2.45) is 0 Å². The van der Waals surface area contributed by atoms with E-state index in [0.29, 0.717) is 29.5 Å². The molecule has 5 nitrogen and oxygen atoms in total. The second-order valence-electron chi connectivity index (χ2n) is 5.74. The number of hydrogen-bond acceptors (Lipinski definition) is 4. The molecule has 132 valence electrons. The van der Waals surface area contributed by atoms with E-state index in [9.17, 15) is 4.79 Å². The van der Waals surface area contributed by atoms with Gasteiger partial charge in [-0.25, -0.2) is 4.98 Å². The fraction of sp³-hybridized carbons (Fsp3) is 0.150. The van der Waals surface area contributed by atoms with E-state index in [1.165, 1.54) is 0 Å². The van der Waals surface area contributed by atoms with Crippen LogP contribution in [0.25, 0.3) is 0 Å². The van der Waals surface area contributed by atoms with Crippen molar-refractivity contribution >= 4 is 23.3 Å². The summed E-state index contributed by atoms with van der Waals surface area (Å²) in [4.78, 5) is 20.8. The summed E-state index contributed by atoms with van der Waals surface area (Å²) in [6, 6.07) is 16.8. The second kappa shape index (κ2) is 8.97. The molecule has 26 heavy (non-hydrogen) atoms. The molecule has 0 atom stereocenters. The molecule has 1 amide bonds. The summed E-state index contributed by atoms with van der Waals surface area (Å²) < 4.78 is 0. The van der Waals surface area contributed by atoms with Crippen LogP contribution in [0.2, 0.25) is 5.02 Å². The average molecular weight is 367 g/mol. The highest BCUT2D eigenvalue weighted by Crippen LogP contribution is 2.11. The first-order valence-corrected chi connectivity index (χ1v) is 8.71. The van der Waals surface area contributed by atoms with Crippen LogP contribution in [-0.4, -0.2) is 22.4 Å². The average Bonchev–Trinajstić information content (AvgIpc) is 2.67. The van der Waals surface area contributed by atoms with Gasteiger partial charge in [0.15, 0.2) is 0 Å². The Balaban J connectivity index is 1.52. The first-order chi connectivity index (χ1) is 12.7. The van der Waals surface area contributed by atoms with E-state index in [1.54, 1.807) is 24.5 Å². The maximum atomic E-state index is 12.3. The number of anilines is 1. The number of aromatic nitrogens is 2. The molecule has 0 aliphatic carbocycles. The van der Waals surface area contributed by atoms with Crippen molar-refractivity contribution < 1.29 is 4.79 Å². The van der Waals surface area contributed by atoms with Crippen LogP contribution in [0.3, 0.4) is 0 Å². The van der Waals surface area contributed by atoms with E-state index in [4.69, 9.17) is 11.6 Å². The number of carbonyl (C=O) groups excluding carboxylic acids is 1. The molecule has 0 saturated carbocycles. The number of rotatable bonds is 7. The first-order valence-electron chi connectivity index (χ1n) is 8.33. The largest absolute Gasteiger partial charge is 0.364 e. The zero-order chi connectivity index (χ0) is 18.2. The van der Waals surface area contributed by atoms with Crippen LogP contribution in [0, 0.1) is 0 Å². The number of hydrogen-bond donors (Lipinski definition) is 2. The Hall–Kier alpha value is -2.92. The molecular weight excluding hydrogens is 348 g/mol. The predicted octanol–water partition coefficient (Wildman–Crippen LogP) is 3.71. The van der Waals surface area contributed by atoms with Gasteiger partial charge in [0.1, 0.15) is 5.82 Å². The zero-order valence-corrected chi connectivity index (χ0v) is 14.9. The van der Waals surface area contributed by atoms with Crippen molar-refractivity contribution in [3.8, 4) is 0 Å². The fourth-order valence-corrected chi connectivity index (χ4v) is 2.68. The third kappa shape index (κ3) is 5.29. The van der Waals surface area contributed by atoms with Crippen LogP contribution in [0.5, 0.6) is 0 Å². The van der Waals surface area contributed by atoms with Crippen LogP contribution in [0.1, 0.15) is 21.6 Å². The molecule has 0 unspecified atom stereocenters. The van der Waals surface area contributed by atoms with Gasteiger partial charge in [-0.2, -0.15) is 0 Å². The number of amides is 1. The van der Waals surface area contributed by atoms with Gasteiger partial charge in [0, 0.05) is 29.5 Å².